The molecule has 0 N–H and O–H groups in total. The average molecular weight is 269 g/mol. The quantitative estimate of drug-likeness (QED) is 0.685. The van der Waals surface area contributed by atoms with Crippen molar-refractivity contribution >= 4 is 17.0 Å². The van der Waals surface area contributed by atoms with Crippen LogP contribution in [0.4, 0.5) is 0 Å². The van der Waals surface area contributed by atoms with Crippen LogP contribution in [0.15, 0.2) is 42.7 Å². The third kappa shape index (κ3) is 1.97. The monoisotopic (exact) mass is 269 g/mol. The van der Waals surface area contributed by atoms with E-state index < -0.39 is 0 Å². The van der Waals surface area contributed by atoms with Gasteiger partial charge in [-0.2, -0.15) is 0 Å². The molecule has 0 bridgehead atoms. The summed E-state index contributed by atoms with van der Waals surface area (Å²) in [5, 5.41) is 0. The normalized spacial score (nSPS) is 10.9. The molecule has 20 heavy (non-hydrogen) atoms. The second kappa shape index (κ2) is 4.85. The number of fused-ring (bicyclic) bond motifs is 1. The molecule has 0 aliphatic carbocycles. The maximum atomic E-state index is 11.9. The Kier molecular flexibility index (Phi) is 3.02. The summed E-state index contributed by atoms with van der Waals surface area (Å²) in [7, 11) is 3.35. The van der Waals surface area contributed by atoms with Crippen molar-refractivity contribution in [1.82, 2.24) is 14.1 Å². The van der Waals surface area contributed by atoms with Gasteiger partial charge < -0.3 is 13.9 Å². The lowest BCUT2D eigenvalue weighted by Gasteiger charge is -2.08. The van der Waals surface area contributed by atoms with Gasteiger partial charge in [0.15, 0.2) is 0 Å². The highest BCUT2D eigenvalue weighted by molar-refractivity contribution is 5.94. The van der Waals surface area contributed by atoms with E-state index in [0.29, 0.717) is 12.2 Å². The Morgan fingerprint density at radius 1 is 1.30 bits per heavy atom. The summed E-state index contributed by atoms with van der Waals surface area (Å²) in [6.45, 7) is 0.540. The van der Waals surface area contributed by atoms with E-state index in [2.05, 4.69) is 4.98 Å². The van der Waals surface area contributed by atoms with E-state index in [1.165, 1.54) is 7.11 Å². The second-order valence-electron chi connectivity index (χ2n) is 4.63. The number of pyridine rings is 1. The first-order valence-electron chi connectivity index (χ1n) is 6.33. The Morgan fingerprint density at radius 2 is 2.15 bits per heavy atom. The van der Waals surface area contributed by atoms with Gasteiger partial charge in [-0.05, 0) is 24.3 Å². The molecule has 0 atom stereocenters. The van der Waals surface area contributed by atoms with Gasteiger partial charge in [0.25, 0.3) is 0 Å². The topological polar surface area (TPSA) is 49.0 Å². The minimum atomic E-state index is -0.336. The molecule has 5 nitrogen and oxygen atoms in total. The number of carbonyl (C=O) groups excluding carboxylic acids is 1. The second-order valence-corrected chi connectivity index (χ2v) is 4.63. The molecular weight excluding hydrogens is 254 g/mol. The predicted octanol–water partition coefficient (Wildman–Crippen LogP) is 2.21. The molecule has 0 aliphatic rings. The smallest absolute Gasteiger partial charge is 0.354 e. The highest BCUT2D eigenvalue weighted by atomic mass is 16.5. The van der Waals surface area contributed by atoms with Gasteiger partial charge in [0.1, 0.15) is 5.69 Å². The van der Waals surface area contributed by atoms with Crippen molar-refractivity contribution in [2.24, 2.45) is 7.05 Å². The van der Waals surface area contributed by atoms with E-state index in [1.54, 1.807) is 6.20 Å². The van der Waals surface area contributed by atoms with Gasteiger partial charge in [-0.1, -0.05) is 6.07 Å². The summed E-state index contributed by atoms with van der Waals surface area (Å²) in [5.41, 5.74) is 3.44. The molecule has 3 aromatic rings. The molecule has 0 unspecified atom stereocenters. The van der Waals surface area contributed by atoms with Gasteiger partial charge in [-0.25, -0.2) is 4.79 Å². The summed E-state index contributed by atoms with van der Waals surface area (Å²) in [4.78, 5) is 16.2. The Morgan fingerprint density at radius 3 is 2.85 bits per heavy atom. The molecule has 0 aromatic carbocycles. The number of hydrogen-bond acceptors (Lipinski definition) is 3. The first kappa shape index (κ1) is 12.5. The Hall–Kier alpha value is -2.56. The number of esters is 1. The van der Waals surface area contributed by atoms with Crippen LogP contribution in [-0.4, -0.2) is 27.2 Å². The van der Waals surface area contributed by atoms with Crippen LogP contribution in [0, 0.1) is 0 Å². The van der Waals surface area contributed by atoms with Crippen LogP contribution in [0.3, 0.4) is 0 Å². The molecule has 0 spiro atoms. The molecule has 5 heteroatoms. The fraction of sp³-hybridized carbons (Fsp3) is 0.200. The minimum Gasteiger partial charge on any atom is -0.464 e. The van der Waals surface area contributed by atoms with Crippen molar-refractivity contribution < 1.29 is 9.53 Å². The van der Waals surface area contributed by atoms with Crippen LogP contribution >= 0.6 is 0 Å². The Balaban J connectivity index is 2.13. The minimum absolute atomic E-state index is 0.336. The zero-order valence-corrected chi connectivity index (χ0v) is 11.4. The lowest BCUT2D eigenvalue weighted by molar-refractivity contribution is 0.0589. The van der Waals surface area contributed by atoms with Crippen molar-refractivity contribution in [2.45, 2.75) is 6.54 Å². The van der Waals surface area contributed by atoms with E-state index in [0.717, 1.165) is 16.7 Å². The molecular formula is C15H15N3O2. The van der Waals surface area contributed by atoms with Crippen LogP contribution in [0.25, 0.3) is 11.0 Å². The number of methoxy groups -OCH3 is 1. The van der Waals surface area contributed by atoms with E-state index >= 15 is 0 Å². The zero-order chi connectivity index (χ0) is 14.1. The molecule has 3 heterocycles. The van der Waals surface area contributed by atoms with Crippen molar-refractivity contribution in [3.63, 3.8) is 0 Å². The van der Waals surface area contributed by atoms with Crippen LogP contribution in [-0.2, 0) is 18.3 Å². The van der Waals surface area contributed by atoms with E-state index in [4.69, 9.17) is 4.74 Å². The van der Waals surface area contributed by atoms with Crippen molar-refractivity contribution in [3.05, 3.63) is 54.1 Å². The number of carbonyl (C=O) groups is 1. The molecule has 0 saturated heterocycles. The van der Waals surface area contributed by atoms with Crippen molar-refractivity contribution in [3.8, 4) is 0 Å². The fourth-order valence-electron chi connectivity index (χ4n) is 2.37. The highest BCUT2D eigenvalue weighted by Gasteiger charge is 2.18. The summed E-state index contributed by atoms with van der Waals surface area (Å²) in [5.74, 6) is -0.336. The van der Waals surface area contributed by atoms with Crippen LogP contribution < -0.4 is 0 Å². The molecule has 3 aromatic heterocycles. The van der Waals surface area contributed by atoms with Crippen molar-refractivity contribution in [1.29, 1.82) is 0 Å². The van der Waals surface area contributed by atoms with Gasteiger partial charge in [0.2, 0.25) is 0 Å². The van der Waals surface area contributed by atoms with Crippen LogP contribution in [0.1, 0.15) is 16.2 Å². The third-order valence-electron chi connectivity index (χ3n) is 3.39. The number of aromatic nitrogens is 3. The lowest BCUT2D eigenvalue weighted by Crippen LogP contribution is -2.11. The lowest BCUT2D eigenvalue weighted by atomic mass is 10.3. The molecule has 0 aliphatic heterocycles. The Labute approximate surface area is 116 Å². The fourth-order valence-corrected chi connectivity index (χ4v) is 2.37. The summed E-state index contributed by atoms with van der Waals surface area (Å²) in [6, 6.07) is 9.59. The first-order chi connectivity index (χ1) is 9.70. The third-order valence-corrected chi connectivity index (χ3v) is 3.39. The number of rotatable bonds is 3. The maximum Gasteiger partial charge on any atom is 0.354 e. The molecule has 3 rings (SSSR count). The standard InChI is InChI=1S/C15H15N3O2/c1-17-8-6-12-13(17)9-14(15(19)20-2)18(12)10-11-5-3-4-7-16-11/h3-9H,10H2,1-2H3. The van der Waals surface area contributed by atoms with Crippen molar-refractivity contribution in [2.75, 3.05) is 7.11 Å². The highest BCUT2D eigenvalue weighted by Crippen LogP contribution is 2.22. The zero-order valence-electron chi connectivity index (χ0n) is 11.4. The number of aryl methyl sites for hydroxylation is 1. The number of ether oxygens (including phenoxy) is 1. The molecule has 0 amide bonds. The molecule has 0 saturated carbocycles. The largest absolute Gasteiger partial charge is 0.464 e. The summed E-state index contributed by atoms with van der Waals surface area (Å²) in [6.07, 6.45) is 3.72. The molecule has 102 valence electrons. The van der Waals surface area contributed by atoms with Gasteiger partial charge in [-0.15, -0.1) is 0 Å². The number of nitrogens with zero attached hydrogens (tertiary/aromatic N) is 3. The van der Waals surface area contributed by atoms with Crippen LogP contribution in [0.5, 0.6) is 0 Å². The Bertz CT molecular complexity index is 756. The van der Waals surface area contributed by atoms with Gasteiger partial charge in [0, 0.05) is 19.4 Å². The van der Waals surface area contributed by atoms with Gasteiger partial charge in [0.05, 0.1) is 30.4 Å². The molecule has 0 fully saturated rings. The van der Waals surface area contributed by atoms with E-state index in [-0.39, 0.29) is 5.97 Å². The maximum absolute atomic E-state index is 11.9. The SMILES string of the molecule is COC(=O)c1cc2c(ccn2C)n1Cc1ccccn1. The van der Waals surface area contributed by atoms with Gasteiger partial charge in [-0.3, -0.25) is 4.98 Å². The van der Waals surface area contributed by atoms with E-state index in [1.807, 2.05) is 52.7 Å². The predicted molar refractivity (Wildman–Crippen MR) is 75.6 cm³/mol. The molecule has 0 radical (unpaired) electrons. The summed E-state index contributed by atoms with van der Waals surface area (Å²) >= 11 is 0. The van der Waals surface area contributed by atoms with Gasteiger partial charge >= 0.3 is 5.97 Å². The van der Waals surface area contributed by atoms with E-state index in [9.17, 15) is 4.79 Å². The number of hydrogen-bond donors (Lipinski definition) is 0. The first-order valence-corrected chi connectivity index (χ1v) is 6.33. The average Bonchev–Trinajstić information content (AvgIpc) is 3.01. The summed E-state index contributed by atoms with van der Waals surface area (Å²) < 4.78 is 8.78. The van der Waals surface area contributed by atoms with Crippen LogP contribution in [0.2, 0.25) is 0 Å².